The summed E-state index contributed by atoms with van der Waals surface area (Å²) >= 11 is 0. The Hall–Kier alpha value is -7.63. The Labute approximate surface area is 345 Å². The van der Waals surface area contributed by atoms with Crippen LogP contribution in [0.15, 0.2) is 198 Å². The Kier molecular flexibility index (Phi) is 4.57. The first-order chi connectivity index (χ1) is 34.4. The number of nitrogens with zero attached hydrogens (tertiary/aromatic N) is 4. The Morgan fingerprint density at radius 1 is 0.411 bits per heavy atom. The third-order valence-corrected chi connectivity index (χ3v) is 9.55. The van der Waals surface area contributed by atoms with Crippen LogP contribution in [0.1, 0.15) is 21.9 Å². The van der Waals surface area contributed by atoms with Crippen molar-refractivity contribution in [2.45, 2.75) is 0 Å². The molecular formula is C51H32N4O. The van der Waals surface area contributed by atoms with Crippen LogP contribution in [-0.2, 0) is 0 Å². The maximum absolute atomic E-state index is 9.65. The van der Waals surface area contributed by atoms with Gasteiger partial charge in [-0.2, -0.15) is 0 Å². The van der Waals surface area contributed by atoms with E-state index in [-0.39, 0.29) is 39.3 Å². The molecule has 0 unspecified atom stereocenters. The maximum Gasteiger partial charge on any atom is 0.166 e. The van der Waals surface area contributed by atoms with Crippen LogP contribution < -0.4 is 0 Å². The van der Waals surface area contributed by atoms with Crippen molar-refractivity contribution in [1.82, 2.24) is 19.5 Å². The fourth-order valence-electron chi connectivity index (χ4n) is 7.01. The zero-order chi connectivity index (χ0) is 50.9. The Morgan fingerprint density at radius 3 is 1.89 bits per heavy atom. The Balaban J connectivity index is 1.30. The first kappa shape index (κ1) is 19.6. The van der Waals surface area contributed by atoms with E-state index >= 15 is 0 Å². The van der Waals surface area contributed by atoms with E-state index in [0.29, 0.717) is 27.7 Å². The molecule has 56 heavy (non-hydrogen) atoms. The van der Waals surface area contributed by atoms with E-state index in [2.05, 4.69) is 0 Å². The highest BCUT2D eigenvalue weighted by atomic mass is 16.3. The number of fused-ring (bicyclic) bond motifs is 6. The second-order valence-corrected chi connectivity index (χ2v) is 12.8. The molecule has 0 N–H and O–H groups in total. The predicted octanol–water partition coefficient (Wildman–Crippen LogP) is 13.2. The molecule has 0 saturated carbocycles. The molecule has 0 aliphatic carbocycles. The molecule has 0 saturated heterocycles. The minimum Gasteiger partial charge on any atom is -0.456 e. The standard InChI is InChI=1S/C51H32N4O/c1-3-13-33(14-4-1)35-25-27-37(28-26-35)49-52-50(42-20-12-24-46-47(42)41-18-8-10-23-45(41)56-46)54-51(53-49)43-21-11-19-40-39-17-7-9-22-44(39)55(48(40)43)38-31-29-36(30-32-38)34-15-5-2-6-16-34/h1-32H/i2D,5D,6D,7D,9D,11D,15D,16D,17D,19D,21D,22D,29D,30D,31D,32D. The number of rotatable bonds is 6. The number of hydrogen-bond donors (Lipinski definition) is 0. The van der Waals surface area contributed by atoms with Crippen molar-refractivity contribution >= 4 is 43.7 Å². The Bertz CT molecular complexity index is 4120. The van der Waals surface area contributed by atoms with Crippen molar-refractivity contribution < 1.29 is 26.3 Å². The molecule has 0 spiro atoms. The number of aromatic nitrogens is 4. The maximum atomic E-state index is 9.65. The molecule has 11 aromatic rings. The van der Waals surface area contributed by atoms with Crippen LogP contribution in [0.25, 0.3) is 106 Å². The van der Waals surface area contributed by atoms with Gasteiger partial charge in [0, 0.05) is 43.9 Å². The van der Waals surface area contributed by atoms with E-state index in [1.165, 1.54) is 0 Å². The van der Waals surface area contributed by atoms with Gasteiger partial charge in [0.25, 0.3) is 0 Å². The van der Waals surface area contributed by atoms with Gasteiger partial charge in [0.1, 0.15) is 11.2 Å². The molecule has 3 heterocycles. The quantitative estimate of drug-likeness (QED) is 0.171. The zero-order valence-electron chi connectivity index (χ0n) is 44.9. The third kappa shape index (κ3) is 5.29. The molecule has 0 bridgehead atoms. The lowest BCUT2D eigenvalue weighted by atomic mass is 10.0. The van der Waals surface area contributed by atoms with Gasteiger partial charge in [-0.15, -0.1) is 0 Å². The largest absolute Gasteiger partial charge is 0.456 e. The summed E-state index contributed by atoms with van der Waals surface area (Å²) in [6, 6.07) is 17.3. The van der Waals surface area contributed by atoms with Gasteiger partial charge in [-0.1, -0.05) is 157 Å². The van der Waals surface area contributed by atoms with Gasteiger partial charge in [0.15, 0.2) is 17.5 Å². The van der Waals surface area contributed by atoms with Crippen molar-refractivity contribution in [1.29, 1.82) is 0 Å². The summed E-state index contributed by atoms with van der Waals surface area (Å²) in [5, 5.41) is 0.699. The molecule has 5 heteroatoms. The fraction of sp³-hybridized carbons (Fsp3) is 0. The summed E-state index contributed by atoms with van der Waals surface area (Å²) in [7, 11) is 0. The number of furan rings is 1. The van der Waals surface area contributed by atoms with Crippen molar-refractivity contribution in [2.75, 3.05) is 0 Å². The normalized spacial score (nSPS) is 15.6. The van der Waals surface area contributed by atoms with Gasteiger partial charge >= 0.3 is 0 Å². The third-order valence-electron chi connectivity index (χ3n) is 9.55. The monoisotopic (exact) mass is 732 g/mol. The summed E-state index contributed by atoms with van der Waals surface area (Å²) in [6.45, 7) is 0. The summed E-state index contributed by atoms with van der Waals surface area (Å²) in [5.41, 5.74) is 0.837. The number of hydrogen-bond acceptors (Lipinski definition) is 4. The lowest BCUT2D eigenvalue weighted by Gasteiger charge is -2.13. The minimum atomic E-state index is -0.878. The molecule has 0 amide bonds. The van der Waals surface area contributed by atoms with Crippen molar-refractivity contribution in [3.05, 3.63) is 194 Å². The van der Waals surface area contributed by atoms with Gasteiger partial charge in [-0.3, -0.25) is 0 Å². The Morgan fingerprint density at radius 2 is 1.05 bits per heavy atom. The van der Waals surface area contributed by atoms with Gasteiger partial charge < -0.3 is 8.98 Å². The first-order valence-corrected chi connectivity index (χ1v) is 17.5. The smallest absolute Gasteiger partial charge is 0.166 e. The first-order valence-electron chi connectivity index (χ1n) is 25.5. The summed E-state index contributed by atoms with van der Waals surface area (Å²) in [5.74, 6) is -0.152. The molecule has 0 radical (unpaired) electrons. The predicted molar refractivity (Wildman–Crippen MR) is 229 cm³/mol. The number of para-hydroxylation sites is 3. The molecular weight excluding hydrogens is 685 g/mol. The summed E-state index contributed by atoms with van der Waals surface area (Å²) < 4.78 is 151. The van der Waals surface area contributed by atoms with Crippen LogP contribution in [0.3, 0.4) is 0 Å². The van der Waals surface area contributed by atoms with E-state index in [1.807, 2.05) is 66.7 Å². The molecule has 8 aromatic carbocycles. The second-order valence-electron chi connectivity index (χ2n) is 12.8. The molecule has 0 aliphatic rings. The lowest BCUT2D eigenvalue weighted by molar-refractivity contribution is 0.669. The van der Waals surface area contributed by atoms with Crippen molar-refractivity contribution in [3.8, 4) is 62.1 Å². The van der Waals surface area contributed by atoms with Crippen LogP contribution in [0.2, 0.25) is 0 Å². The van der Waals surface area contributed by atoms with Crippen LogP contribution >= 0.6 is 0 Å². The topological polar surface area (TPSA) is 56.7 Å². The van der Waals surface area contributed by atoms with Gasteiger partial charge in [-0.05, 0) is 58.6 Å². The highest BCUT2D eigenvalue weighted by molar-refractivity contribution is 6.14. The average Bonchev–Trinajstić information content (AvgIpc) is 3.95. The highest BCUT2D eigenvalue weighted by Crippen LogP contribution is 2.40. The summed E-state index contributed by atoms with van der Waals surface area (Å²) in [4.78, 5) is 14.9. The highest BCUT2D eigenvalue weighted by Gasteiger charge is 2.22. The van der Waals surface area contributed by atoms with Crippen LogP contribution in [-0.4, -0.2) is 19.5 Å². The van der Waals surface area contributed by atoms with Gasteiger partial charge in [0.2, 0.25) is 0 Å². The average molecular weight is 733 g/mol. The molecule has 11 rings (SSSR count). The van der Waals surface area contributed by atoms with Crippen LogP contribution in [0.5, 0.6) is 0 Å². The molecule has 0 atom stereocenters. The van der Waals surface area contributed by atoms with Crippen molar-refractivity contribution in [2.24, 2.45) is 0 Å². The van der Waals surface area contributed by atoms with E-state index < -0.39 is 119 Å². The zero-order valence-corrected chi connectivity index (χ0v) is 28.9. The SMILES string of the molecule is [2H]c1c([2H])c([2H])c(-c2c([2H])c([2H])c(-n3c4c([2H])c([2H])c([2H])c([2H])c4c4c([2H])c([2H])c([2H])c(-c5nc(-c6ccc(-c7ccccc7)cc6)nc(-c6cccc7oc8ccccc8c67)n5)c43)c([2H])c2[2H])c([2H])c1[2H]. The van der Waals surface area contributed by atoms with E-state index in [0.717, 1.165) is 21.1 Å². The fourth-order valence-corrected chi connectivity index (χ4v) is 7.01. The molecule has 0 fully saturated rings. The van der Waals surface area contributed by atoms with E-state index in [4.69, 9.17) is 29.0 Å². The van der Waals surface area contributed by atoms with Gasteiger partial charge in [-0.25, -0.2) is 15.0 Å². The number of benzene rings is 8. The van der Waals surface area contributed by atoms with E-state index in [1.54, 1.807) is 30.3 Å². The molecule has 262 valence electrons. The molecule has 3 aromatic heterocycles. The molecule has 5 nitrogen and oxygen atoms in total. The van der Waals surface area contributed by atoms with Crippen molar-refractivity contribution in [3.63, 3.8) is 0 Å². The molecule has 0 aliphatic heterocycles. The van der Waals surface area contributed by atoms with E-state index in [9.17, 15) is 12.3 Å². The van der Waals surface area contributed by atoms with Gasteiger partial charge in [0.05, 0.1) is 33.0 Å². The second kappa shape index (κ2) is 13.0. The summed E-state index contributed by atoms with van der Waals surface area (Å²) in [6.07, 6.45) is 0. The van der Waals surface area contributed by atoms with Crippen LogP contribution in [0, 0.1) is 0 Å². The minimum absolute atomic E-state index is 0.0625. The van der Waals surface area contributed by atoms with Crippen LogP contribution in [0.4, 0.5) is 0 Å². The lowest BCUT2D eigenvalue weighted by Crippen LogP contribution is -2.02.